The molecule has 2 rings (SSSR count). The molecule has 1 heterocycles. The van der Waals surface area contributed by atoms with Gasteiger partial charge in [0.05, 0.1) is 6.54 Å². The molecule has 0 aromatic heterocycles. The standard InChI is InChI=1S/C14H19ClN2OS/c1-14(7-2-8-19-14)10-16-9-13(18)17-12-5-3-11(15)4-6-12/h3-6,16H,2,7-10H2,1H3,(H,17,18). The zero-order valence-electron chi connectivity index (χ0n) is 11.0. The lowest BCUT2D eigenvalue weighted by Crippen LogP contribution is -2.37. The van der Waals surface area contributed by atoms with Crippen LogP contribution in [0.25, 0.3) is 0 Å². The van der Waals surface area contributed by atoms with Crippen molar-refractivity contribution in [3.63, 3.8) is 0 Å². The van der Waals surface area contributed by atoms with Crippen LogP contribution in [0.15, 0.2) is 24.3 Å². The predicted molar refractivity (Wildman–Crippen MR) is 83.0 cm³/mol. The summed E-state index contributed by atoms with van der Waals surface area (Å²) in [5.74, 6) is 1.21. The van der Waals surface area contributed by atoms with Crippen molar-refractivity contribution in [2.75, 3.05) is 24.2 Å². The summed E-state index contributed by atoms with van der Waals surface area (Å²) >= 11 is 7.79. The van der Waals surface area contributed by atoms with E-state index in [1.165, 1.54) is 18.6 Å². The van der Waals surface area contributed by atoms with Gasteiger partial charge in [-0.25, -0.2) is 0 Å². The summed E-state index contributed by atoms with van der Waals surface area (Å²) in [5, 5.41) is 6.75. The second-order valence-electron chi connectivity index (χ2n) is 5.06. The summed E-state index contributed by atoms with van der Waals surface area (Å²) in [7, 11) is 0. The second-order valence-corrected chi connectivity index (χ2v) is 7.18. The van der Waals surface area contributed by atoms with Crippen LogP contribution in [-0.4, -0.2) is 29.5 Å². The molecule has 0 saturated carbocycles. The molecule has 1 aromatic carbocycles. The number of carbonyl (C=O) groups excluding carboxylic acids is 1. The van der Waals surface area contributed by atoms with Crippen LogP contribution < -0.4 is 10.6 Å². The van der Waals surface area contributed by atoms with E-state index >= 15 is 0 Å². The first kappa shape index (κ1) is 14.7. The van der Waals surface area contributed by atoms with E-state index in [-0.39, 0.29) is 5.91 Å². The number of halogens is 1. The Morgan fingerprint density at radius 3 is 2.79 bits per heavy atom. The lowest BCUT2D eigenvalue weighted by molar-refractivity contribution is -0.115. The van der Waals surface area contributed by atoms with Crippen molar-refractivity contribution in [3.8, 4) is 0 Å². The molecule has 0 bridgehead atoms. The van der Waals surface area contributed by atoms with E-state index in [1.54, 1.807) is 24.3 Å². The van der Waals surface area contributed by atoms with Gasteiger partial charge < -0.3 is 10.6 Å². The quantitative estimate of drug-likeness (QED) is 0.877. The van der Waals surface area contributed by atoms with Gasteiger partial charge in [-0.15, -0.1) is 0 Å². The molecule has 1 unspecified atom stereocenters. The first-order valence-electron chi connectivity index (χ1n) is 6.48. The molecule has 1 aliphatic heterocycles. The van der Waals surface area contributed by atoms with Gasteiger partial charge in [-0.1, -0.05) is 11.6 Å². The topological polar surface area (TPSA) is 41.1 Å². The molecule has 1 saturated heterocycles. The first-order valence-corrected chi connectivity index (χ1v) is 7.84. The van der Waals surface area contributed by atoms with E-state index in [0.717, 1.165) is 12.2 Å². The Bertz CT molecular complexity index is 430. The van der Waals surface area contributed by atoms with Crippen LogP contribution in [-0.2, 0) is 4.79 Å². The third kappa shape index (κ3) is 4.71. The van der Waals surface area contributed by atoms with Gasteiger partial charge in [0.25, 0.3) is 0 Å². The molecular formula is C14H19ClN2OS. The highest BCUT2D eigenvalue weighted by atomic mass is 35.5. The molecule has 5 heteroatoms. The Hall–Kier alpha value is -0.710. The van der Waals surface area contributed by atoms with E-state index in [1.807, 2.05) is 11.8 Å². The van der Waals surface area contributed by atoms with Crippen LogP contribution in [0.1, 0.15) is 19.8 Å². The van der Waals surface area contributed by atoms with Crippen LogP contribution in [0.2, 0.25) is 5.02 Å². The molecule has 1 atom stereocenters. The third-order valence-electron chi connectivity index (χ3n) is 3.21. The number of nitrogens with one attached hydrogen (secondary N) is 2. The molecule has 0 spiro atoms. The second kappa shape index (κ2) is 6.64. The summed E-state index contributed by atoms with van der Waals surface area (Å²) in [5.41, 5.74) is 0.776. The Kier molecular flexibility index (Phi) is 5.13. The molecule has 0 aliphatic carbocycles. The van der Waals surface area contributed by atoms with Crippen LogP contribution in [0.5, 0.6) is 0 Å². The molecule has 1 aromatic rings. The Labute approximate surface area is 123 Å². The number of rotatable bonds is 5. The van der Waals surface area contributed by atoms with Gasteiger partial charge in [0.2, 0.25) is 5.91 Å². The fraction of sp³-hybridized carbons (Fsp3) is 0.500. The Balaban J connectivity index is 1.71. The molecular weight excluding hydrogens is 280 g/mol. The zero-order chi connectivity index (χ0) is 13.7. The lowest BCUT2D eigenvalue weighted by Gasteiger charge is -2.22. The monoisotopic (exact) mass is 298 g/mol. The van der Waals surface area contributed by atoms with Gasteiger partial charge in [0, 0.05) is 22.0 Å². The van der Waals surface area contributed by atoms with Gasteiger partial charge in [-0.05, 0) is 49.8 Å². The van der Waals surface area contributed by atoms with E-state index < -0.39 is 0 Å². The van der Waals surface area contributed by atoms with Crippen molar-refractivity contribution in [2.45, 2.75) is 24.5 Å². The van der Waals surface area contributed by atoms with E-state index in [4.69, 9.17) is 11.6 Å². The van der Waals surface area contributed by atoms with Gasteiger partial charge in [-0.2, -0.15) is 11.8 Å². The highest BCUT2D eigenvalue weighted by Gasteiger charge is 2.28. The van der Waals surface area contributed by atoms with Crippen LogP contribution >= 0.6 is 23.4 Å². The van der Waals surface area contributed by atoms with Crippen molar-refractivity contribution < 1.29 is 4.79 Å². The number of anilines is 1. The average Bonchev–Trinajstić information content (AvgIpc) is 2.79. The van der Waals surface area contributed by atoms with Crippen LogP contribution in [0.4, 0.5) is 5.69 Å². The number of hydrogen-bond donors (Lipinski definition) is 2. The van der Waals surface area contributed by atoms with Crippen LogP contribution in [0.3, 0.4) is 0 Å². The molecule has 1 fully saturated rings. The van der Waals surface area contributed by atoms with Gasteiger partial charge >= 0.3 is 0 Å². The number of amides is 1. The van der Waals surface area contributed by atoms with E-state index in [0.29, 0.717) is 16.3 Å². The largest absolute Gasteiger partial charge is 0.325 e. The normalized spacial score (nSPS) is 22.4. The van der Waals surface area contributed by atoms with E-state index in [2.05, 4.69) is 17.6 Å². The highest BCUT2D eigenvalue weighted by molar-refractivity contribution is 8.00. The summed E-state index contributed by atoms with van der Waals surface area (Å²) in [6.07, 6.45) is 2.50. The van der Waals surface area contributed by atoms with Gasteiger partial charge in [-0.3, -0.25) is 4.79 Å². The summed E-state index contributed by atoms with van der Waals surface area (Å²) in [6, 6.07) is 7.13. The van der Waals surface area contributed by atoms with Crippen molar-refractivity contribution in [1.82, 2.24) is 5.32 Å². The fourth-order valence-electron chi connectivity index (χ4n) is 2.16. The summed E-state index contributed by atoms with van der Waals surface area (Å²) in [6.45, 7) is 3.49. The minimum atomic E-state index is -0.0195. The van der Waals surface area contributed by atoms with Crippen LogP contribution in [0, 0.1) is 0 Å². The highest BCUT2D eigenvalue weighted by Crippen LogP contribution is 2.36. The predicted octanol–water partition coefficient (Wildman–Crippen LogP) is 3.15. The van der Waals surface area contributed by atoms with Crippen molar-refractivity contribution in [1.29, 1.82) is 0 Å². The fourth-order valence-corrected chi connectivity index (χ4v) is 3.56. The maximum atomic E-state index is 11.8. The number of thioether (sulfide) groups is 1. The number of benzene rings is 1. The number of hydrogen-bond acceptors (Lipinski definition) is 3. The molecule has 3 nitrogen and oxygen atoms in total. The maximum Gasteiger partial charge on any atom is 0.238 e. The molecule has 1 amide bonds. The summed E-state index contributed by atoms with van der Waals surface area (Å²) in [4.78, 5) is 11.8. The Morgan fingerprint density at radius 2 is 2.16 bits per heavy atom. The lowest BCUT2D eigenvalue weighted by atomic mass is 10.1. The molecule has 104 valence electrons. The maximum absolute atomic E-state index is 11.8. The zero-order valence-corrected chi connectivity index (χ0v) is 12.6. The Morgan fingerprint density at radius 1 is 1.42 bits per heavy atom. The van der Waals surface area contributed by atoms with E-state index in [9.17, 15) is 4.79 Å². The summed E-state index contributed by atoms with van der Waals surface area (Å²) < 4.78 is 0.292. The first-order chi connectivity index (χ1) is 9.07. The SMILES string of the molecule is CC1(CNCC(=O)Nc2ccc(Cl)cc2)CCCS1. The minimum Gasteiger partial charge on any atom is -0.325 e. The third-order valence-corrected chi connectivity index (χ3v) is 5.00. The molecule has 0 radical (unpaired) electrons. The molecule has 2 N–H and O–H groups in total. The average molecular weight is 299 g/mol. The molecule has 19 heavy (non-hydrogen) atoms. The van der Waals surface area contributed by atoms with Gasteiger partial charge in [0.15, 0.2) is 0 Å². The van der Waals surface area contributed by atoms with Gasteiger partial charge in [0.1, 0.15) is 0 Å². The van der Waals surface area contributed by atoms with Crippen molar-refractivity contribution in [2.24, 2.45) is 0 Å². The van der Waals surface area contributed by atoms with Crippen molar-refractivity contribution in [3.05, 3.63) is 29.3 Å². The number of carbonyl (C=O) groups is 1. The van der Waals surface area contributed by atoms with Crippen molar-refractivity contribution >= 4 is 35.0 Å². The minimum absolute atomic E-state index is 0.0195. The smallest absolute Gasteiger partial charge is 0.238 e. The molecule has 1 aliphatic rings.